The van der Waals surface area contributed by atoms with E-state index < -0.39 is 17.7 Å². The third-order valence-electron chi connectivity index (χ3n) is 7.81. The minimum Gasteiger partial charge on any atom is -0.488 e. The van der Waals surface area contributed by atoms with Gasteiger partial charge in [0.25, 0.3) is 0 Å². The summed E-state index contributed by atoms with van der Waals surface area (Å²) in [6, 6.07) is 43.2. The van der Waals surface area contributed by atoms with Gasteiger partial charge in [0.2, 0.25) is 0 Å². The lowest BCUT2D eigenvalue weighted by molar-refractivity contribution is 0.0595. The first kappa shape index (κ1) is 35.8. The summed E-state index contributed by atoms with van der Waals surface area (Å²) in [6.45, 7) is 0.125. The standard InChI is InChI=1S/C43H38F2O7/c44-36-21-40(47-25-31-13-5-1-6-14-31)42(49-27-33-17-9-3-10-18-33)23-38(36)51-29-35(46)30-52-39-24-43(50-28-34-19-11-4-12-20-34)41(22-37(39)45)48-26-32-15-7-2-8-16-32/h1-24,35,46H,25-30H2. The van der Waals surface area contributed by atoms with Crippen LogP contribution in [-0.2, 0) is 26.4 Å². The van der Waals surface area contributed by atoms with Crippen LogP contribution in [0.25, 0.3) is 0 Å². The maximum atomic E-state index is 15.3. The van der Waals surface area contributed by atoms with Crippen molar-refractivity contribution in [2.24, 2.45) is 0 Å². The molecule has 0 unspecified atom stereocenters. The fourth-order valence-corrected chi connectivity index (χ4v) is 5.07. The SMILES string of the molecule is OC(COc1cc(OCc2ccccc2)c(OCc2ccccc2)cc1F)COc1cc(OCc2ccccc2)c(OCc2ccccc2)cc1F. The van der Waals surface area contributed by atoms with E-state index in [0.29, 0.717) is 0 Å². The van der Waals surface area contributed by atoms with Crippen LogP contribution in [0.1, 0.15) is 22.3 Å². The molecule has 0 aliphatic heterocycles. The van der Waals surface area contributed by atoms with E-state index in [1.165, 1.54) is 24.3 Å². The highest BCUT2D eigenvalue weighted by atomic mass is 19.1. The smallest absolute Gasteiger partial charge is 0.169 e. The van der Waals surface area contributed by atoms with Gasteiger partial charge in [0.05, 0.1) is 0 Å². The first-order chi connectivity index (χ1) is 25.5. The number of hydrogen-bond donors (Lipinski definition) is 1. The maximum Gasteiger partial charge on any atom is 0.169 e. The molecule has 0 saturated heterocycles. The Kier molecular flexibility index (Phi) is 12.6. The quantitative estimate of drug-likeness (QED) is 0.0957. The zero-order chi connectivity index (χ0) is 36.0. The minimum atomic E-state index is -1.25. The van der Waals surface area contributed by atoms with Crippen molar-refractivity contribution in [3.8, 4) is 34.5 Å². The second kappa shape index (κ2) is 18.3. The third kappa shape index (κ3) is 10.5. The largest absolute Gasteiger partial charge is 0.488 e. The van der Waals surface area contributed by atoms with Gasteiger partial charge in [-0.1, -0.05) is 121 Å². The third-order valence-corrected chi connectivity index (χ3v) is 7.81. The van der Waals surface area contributed by atoms with Crippen LogP contribution in [0, 0.1) is 11.6 Å². The highest BCUT2D eigenvalue weighted by Gasteiger charge is 2.19. The van der Waals surface area contributed by atoms with Crippen molar-refractivity contribution in [3.05, 3.63) is 179 Å². The van der Waals surface area contributed by atoms with Crippen molar-refractivity contribution >= 4 is 0 Å². The van der Waals surface area contributed by atoms with E-state index in [0.717, 1.165) is 22.3 Å². The Hall–Kier alpha value is -6.06. The zero-order valence-electron chi connectivity index (χ0n) is 28.3. The topological polar surface area (TPSA) is 75.6 Å². The Bertz CT molecular complexity index is 1830. The molecule has 0 saturated carbocycles. The summed E-state index contributed by atoms with van der Waals surface area (Å²) in [5.74, 6) is -0.797. The van der Waals surface area contributed by atoms with Crippen molar-refractivity contribution in [1.82, 2.24) is 0 Å². The minimum absolute atomic E-state index is 0.156. The molecular weight excluding hydrogens is 666 g/mol. The molecule has 0 atom stereocenters. The summed E-state index contributed by atoms with van der Waals surface area (Å²) in [5.41, 5.74) is 3.63. The van der Waals surface area contributed by atoms with Crippen molar-refractivity contribution in [2.75, 3.05) is 13.2 Å². The van der Waals surface area contributed by atoms with Crippen LogP contribution in [0.5, 0.6) is 34.5 Å². The first-order valence-corrected chi connectivity index (χ1v) is 16.8. The monoisotopic (exact) mass is 704 g/mol. The predicted octanol–water partition coefficient (Wildman–Crippen LogP) is 9.10. The molecular formula is C43H38F2O7. The molecule has 0 heterocycles. The average molecular weight is 705 g/mol. The van der Waals surface area contributed by atoms with E-state index in [1.54, 1.807) is 0 Å². The number of aliphatic hydroxyl groups excluding tert-OH is 1. The molecule has 0 bridgehead atoms. The van der Waals surface area contributed by atoms with Gasteiger partial charge in [-0.2, -0.15) is 0 Å². The molecule has 266 valence electrons. The molecule has 7 nitrogen and oxygen atoms in total. The van der Waals surface area contributed by atoms with Crippen LogP contribution >= 0.6 is 0 Å². The molecule has 0 amide bonds. The number of halogens is 2. The Labute approximate surface area is 301 Å². The maximum absolute atomic E-state index is 15.3. The van der Waals surface area contributed by atoms with Crippen LogP contribution in [0.2, 0.25) is 0 Å². The molecule has 0 aromatic heterocycles. The van der Waals surface area contributed by atoms with Crippen LogP contribution in [0.15, 0.2) is 146 Å². The summed E-state index contributed by atoms with van der Waals surface area (Å²) in [6.07, 6.45) is -1.25. The summed E-state index contributed by atoms with van der Waals surface area (Å²) in [5, 5.41) is 10.7. The van der Waals surface area contributed by atoms with E-state index in [4.69, 9.17) is 28.4 Å². The van der Waals surface area contributed by atoms with E-state index in [1.807, 2.05) is 121 Å². The second-order valence-electron chi connectivity index (χ2n) is 11.8. The molecule has 6 aromatic carbocycles. The van der Waals surface area contributed by atoms with Crippen LogP contribution in [-0.4, -0.2) is 24.4 Å². The summed E-state index contributed by atoms with van der Waals surface area (Å²) in [7, 11) is 0. The van der Waals surface area contributed by atoms with Crippen LogP contribution in [0.3, 0.4) is 0 Å². The fourth-order valence-electron chi connectivity index (χ4n) is 5.07. The Morgan fingerprint density at radius 1 is 0.365 bits per heavy atom. The molecule has 0 spiro atoms. The Morgan fingerprint density at radius 3 is 0.923 bits per heavy atom. The zero-order valence-corrected chi connectivity index (χ0v) is 28.3. The average Bonchev–Trinajstić information content (AvgIpc) is 3.19. The highest BCUT2D eigenvalue weighted by molar-refractivity contribution is 5.48. The number of rotatable bonds is 18. The molecule has 52 heavy (non-hydrogen) atoms. The lowest BCUT2D eigenvalue weighted by Gasteiger charge is -2.18. The van der Waals surface area contributed by atoms with Gasteiger partial charge in [0, 0.05) is 24.3 Å². The van der Waals surface area contributed by atoms with Gasteiger partial charge in [-0.15, -0.1) is 0 Å². The summed E-state index contributed by atoms with van der Waals surface area (Å²) < 4.78 is 65.7. The lowest BCUT2D eigenvalue weighted by atomic mass is 10.2. The summed E-state index contributed by atoms with van der Waals surface area (Å²) >= 11 is 0. The Morgan fingerprint density at radius 2 is 0.635 bits per heavy atom. The van der Waals surface area contributed by atoms with Gasteiger partial charge >= 0.3 is 0 Å². The number of benzene rings is 6. The van der Waals surface area contributed by atoms with E-state index in [-0.39, 0.29) is 74.1 Å². The molecule has 9 heteroatoms. The van der Waals surface area contributed by atoms with Crippen molar-refractivity contribution < 1.29 is 42.3 Å². The molecule has 6 aromatic rings. The van der Waals surface area contributed by atoms with Gasteiger partial charge < -0.3 is 33.5 Å². The lowest BCUT2D eigenvalue weighted by Crippen LogP contribution is -2.25. The van der Waals surface area contributed by atoms with Crippen molar-refractivity contribution in [2.45, 2.75) is 32.5 Å². The predicted molar refractivity (Wildman–Crippen MR) is 193 cm³/mol. The fraction of sp³-hybridized carbons (Fsp3) is 0.163. The van der Waals surface area contributed by atoms with Crippen molar-refractivity contribution in [3.63, 3.8) is 0 Å². The number of ether oxygens (including phenoxy) is 6. The van der Waals surface area contributed by atoms with E-state index in [9.17, 15) is 5.11 Å². The molecule has 0 aliphatic rings. The van der Waals surface area contributed by atoms with Gasteiger partial charge in [0.1, 0.15) is 45.7 Å². The van der Waals surface area contributed by atoms with Gasteiger partial charge in [-0.25, -0.2) is 8.78 Å². The molecule has 0 radical (unpaired) electrons. The normalized spacial score (nSPS) is 10.8. The highest BCUT2D eigenvalue weighted by Crippen LogP contribution is 2.37. The summed E-state index contributed by atoms with van der Waals surface area (Å²) in [4.78, 5) is 0. The molecule has 1 N–H and O–H groups in total. The van der Waals surface area contributed by atoms with E-state index in [2.05, 4.69) is 0 Å². The van der Waals surface area contributed by atoms with Crippen LogP contribution < -0.4 is 28.4 Å². The number of hydrogen-bond acceptors (Lipinski definition) is 7. The van der Waals surface area contributed by atoms with Crippen molar-refractivity contribution in [1.29, 1.82) is 0 Å². The first-order valence-electron chi connectivity index (χ1n) is 16.8. The van der Waals surface area contributed by atoms with Crippen LogP contribution in [0.4, 0.5) is 8.78 Å². The van der Waals surface area contributed by atoms with Gasteiger partial charge in [-0.05, 0) is 22.3 Å². The molecule has 0 aliphatic carbocycles. The van der Waals surface area contributed by atoms with E-state index >= 15 is 8.78 Å². The molecule has 6 rings (SSSR count). The van der Waals surface area contributed by atoms with Gasteiger partial charge in [-0.3, -0.25) is 0 Å². The molecule has 0 fully saturated rings. The second-order valence-corrected chi connectivity index (χ2v) is 11.8. The Balaban J connectivity index is 1.11. The number of aliphatic hydroxyl groups is 1. The van der Waals surface area contributed by atoms with Gasteiger partial charge in [0.15, 0.2) is 46.1 Å².